The lowest BCUT2D eigenvalue weighted by Gasteiger charge is -2.12. The number of carbonyl (C=O) groups is 2. The number of rotatable bonds is 7. The first-order valence-electron chi connectivity index (χ1n) is 7.26. The molecule has 1 unspecified atom stereocenters. The van der Waals surface area contributed by atoms with Gasteiger partial charge < -0.3 is 4.90 Å². The minimum atomic E-state index is -0.427. The molecule has 1 aromatic carbocycles. The molecule has 5 nitrogen and oxygen atoms in total. The molecular weight excluding hydrogens is 278 g/mol. The number of amides is 1. The molecule has 0 spiro atoms. The quantitative estimate of drug-likeness (QED) is 0.472. The fourth-order valence-corrected chi connectivity index (χ4v) is 2.13. The van der Waals surface area contributed by atoms with Gasteiger partial charge in [0, 0.05) is 31.8 Å². The van der Waals surface area contributed by atoms with Gasteiger partial charge in [0.25, 0.3) is 5.91 Å². The molecule has 1 atom stereocenters. The van der Waals surface area contributed by atoms with Crippen LogP contribution in [0.25, 0.3) is 0 Å². The van der Waals surface area contributed by atoms with Crippen molar-refractivity contribution in [2.75, 3.05) is 19.0 Å². The second kappa shape index (κ2) is 8.22. The van der Waals surface area contributed by atoms with Crippen molar-refractivity contribution in [2.24, 2.45) is 11.0 Å². The number of anilines is 1. The number of nitrogens with zero attached hydrogens (tertiary/aromatic N) is 2. The second-order valence-electron chi connectivity index (χ2n) is 5.64. The van der Waals surface area contributed by atoms with Gasteiger partial charge in [-0.1, -0.05) is 13.0 Å². The Morgan fingerprint density at radius 2 is 1.86 bits per heavy atom. The molecule has 0 saturated carbocycles. The summed E-state index contributed by atoms with van der Waals surface area (Å²) in [6.07, 6.45) is 2.70. The monoisotopic (exact) mass is 301 g/mol. The predicted molar refractivity (Wildman–Crippen MR) is 87.4 cm³/mol. The summed E-state index contributed by atoms with van der Waals surface area (Å²) in [5.74, 6) is -0.340. The molecular formula is C17H23N3O2. The van der Waals surface area contributed by atoms with E-state index in [9.17, 15) is 9.59 Å². The minimum Gasteiger partial charge on any atom is -0.378 e. The Kier molecular flexibility index (Phi) is 6.63. The van der Waals surface area contributed by atoms with E-state index < -0.39 is 5.91 Å². The van der Waals surface area contributed by atoms with Crippen molar-refractivity contribution < 1.29 is 9.59 Å². The van der Waals surface area contributed by atoms with Crippen LogP contribution in [-0.4, -0.2) is 25.8 Å². The van der Waals surface area contributed by atoms with Crippen molar-refractivity contribution in [1.82, 2.24) is 0 Å². The molecule has 0 heterocycles. The first-order valence-corrected chi connectivity index (χ1v) is 7.26. The number of hydrogen-bond donors (Lipinski definition) is 1. The molecule has 0 aliphatic rings. The van der Waals surface area contributed by atoms with Crippen LogP contribution in [0.1, 0.15) is 37.0 Å². The topological polar surface area (TPSA) is 73.6 Å². The van der Waals surface area contributed by atoms with E-state index in [1.165, 1.54) is 0 Å². The first-order chi connectivity index (χ1) is 10.3. The summed E-state index contributed by atoms with van der Waals surface area (Å²) < 4.78 is 0. The highest BCUT2D eigenvalue weighted by Crippen LogP contribution is 2.17. The molecule has 5 heteroatoms. The van der Waals surface area contributed by atoms with E-state index in [2.05, 4.69) is 5.11 Å². The van der Waals surface area contributed by atoms with Gasteiger partial charge in [0.15, 0.2) is 5.78 Å². The van der Waals surface area contributed by atoms with Gasteiger partial charge in [-0.3, -0.25) is 9.59 Å². The standard InChI is InChI=1S/C17H23N3O2/c1-12(5-10-16(21)19-18)11-13(2)17(22)14-6-8-15(9-7-14)20(3)4/h6-9,11-12,18H,5,10H2,1-4H3/b13-11+,19-18?. The molecule has 0 aliphatic carbocycles. The lowest BCUT2D eigenvalue weighted by Crippen LogP contribution is -2.09. The third kappa shape index (κ3) is 5.24. The van der Waals surface area contributed by atoms with Crippen LogP contribution in [0.2, 0.25) is 0 Å². The van der Waals surface area contributed by atoms with Gasteiger partial charge in [0.05, 0.1) is 0 Å². The van der Waals surface area contributed by atoms with E-state index in [1.54, 1.807) is 6.92 Å². The van der Waals surface area contributed by atoms with Crippen molar-refractivity contribution >= 4 is 17.4 Å². The number of nitrogens with one attached hydrogen (secondary N) is 1. The Bertz CT molecular complexity index is 574. The average molecular weight is 301 g/mol. The number of Topliss-reactive ketones (excluding diaryl/α,β-unsaturated/α-hetero) is 1. The summed E-state index contributed by atoms with van der Waals surface area (Å²) in [6.45, 7) is 3.73. The molecule has 0 saturated heterocycles. The van der Waals surface area contributed by atoms with E-state index in [0.717, 1.165) is 5.69 Å². The van der Waals surface area contributed by atoms with Crippen LogP contribution in [-0.2, 0) is 4.79 Å². The van der Waals surface area contributed by atoms with E-state index >= 15 is 0 Å². The van der Waals surface area contributed by atoms with Crippen LogP contribution in [0, 0.1) is 11.4 Å². The molecule has 0 fully saturated rings. The Hall–Kier alpha value is -2.30. The van der Waals surface area contributed by atoms with Crippen LogP contribution < -0.4 is 4.90 Å². The maximum atomic E-state index is 12.4. The first kappa shape index (κ1) is 17.8. The molecule has 0 aromatic heterocycles. The molecule has 22 heavy (non-hydrogen) atoms. The van der Waals surface area contributed by atoms with Crippen molar-refractivity contribution in [2.45, 2.75) is 26.7 Å². The average Bonchev–Trinajstić information content (AvgIpc) is 2.51. The van der Waals surface area contributed by atoms with Crippen molar-refractivity contribution in [1.29, 1.82) is 5.53 Å². The van der Waals surface area contributed by atoms with Crippen LogP contribution in [0.15, 0.2) is 41.0 Å². The minimum absolute atomic E-state index is 0.00587. The maximum absolute atomic E-state index is 12.4. The molecule has 118 valence electrons. The Balaban J connectivity index is 2.72. The van der Waals surface area contributed by atoms with E-state index in [4.69, 9.17) is 5.53 Å². The normalized spacial score (nSPS) is 12.6. The van der Waals surface area contributed by atoms with Crippen LogP contribution in [0.3, 0.4) is 0 Å². The zero-order valence-electron chi connectivity index (χ0n) is 13.6. The molecule has 1 amide bonds. The number of hydrogen-bond acceptors (Lipinski definition) is 4. The maximum Gasteiger partial charge on any atom is 0.264 e. The number of ketones is 1. The van der Waals surface area contributed by atoms with Crippen LogP contribution in [0.5, 0.6) is 0 Å². The predicted octanol–water partition coefficient (Wildman–Crippen LogP) is 3.86. The largest absolute Gasteiger partial charge is 0.378 e. The fourth-order valence-electron chi connectivity index (χ4n) is 2.13. The summed E-state index contributed by atoms with van der Waals surface area (Å²) in [7, 11) is 3.90. The molecule has 0 bridgehead atoms. The van der Waals surface area contributed by atoms with Crippen molar-refractivity contribution in [3.8, 4) is 0 Å². The van der Waals surface area contributed by atoms with Gasteiger partial charge >= 0.3 is 0 Å². The molecule has 1 rings (SSSR count). The summed E-state index contributed by atoms with van der Waals surface area (Å²) in [6, 6.07) is 7.47. The van der Waals surface area contributed by atoms with Gasteiger partial charge in [-0.25, -0.2) is 5.53 Å². The zero-order chi connectivity index (χ0) is 16.7. The zero-order valence-corrected chi connectivity index (χ0v) is 13.6. The highest BCUT2D eigenvalue weighted by atomic mass is 16.1. The van der Waals surface area contributed by atoms with Gasteiger partial charge in [0.1, 0.15) is 0 Å². The van der Waals surface area contributed by atoms with Crippen LogP contribution >= 0.6 is 0 Å². The van der Waals surface area contributed by atoms with Gasteiger partial charge in [-0.05, 0) is 49.1 Å². The lowest BCUT2D eigenvalue weighted by atomic mass is 9.97. The number of benzene rings is 1. The third-order valence-electron chi connectivity index (χ3n) is 3.48. The summed E-state index contributed by atoms with van der Waals surface area (Å²) in [5.41, 5.74) is 8.99. The smallest absolute Gasteiger partial charge is 0.264 e. The lowest BCUT2D eigenvalue weighted by molar-refractivity contribution is -0.118. The van der Waals surface area contributed by atoms with Gasteiger partial charge in [-0.2, -0.15) is 0 Å². The highest BCUT2D eigenvalue weighted by molar-refractivity contribution is 6.08. The number of carbonyl (C=O) groups excluding carboxylic acids is 2. The highest BCUT2D eigenvalue weighted by Gasteiger charge is 2.11. The Morgan fingerprint density at radius 1 is 1.27 bits per heavy atom. The van der Waals surface area contributed by atoms with E-state index in [0.29, 0.717) is 17.6 Å². The molecule has 0 radical (unpaired) electrons. The Labute approximate surface area is 131 Å². The SMILES string of the molecule is C/C(=C\C(C)CCC(=O)N=N)C(=O)c1ccc(N(C)C)cc1. The molecule has 1 aromatic rings. The van der Waals surface area contributed by atoms with Gasteiger partial charge in [0.2, 0.25) is 0 Å². The molecule has 0 aliphatic heterocycles. The third-order valence-corrected chi connectivity index (χ3v) is 3.48. The van der Waals surface area contributed by atoms with E-state index in [-0.39, 0.29) is 18.1 Å². The van der Waals surface area contributed by atoms with Crippen molar-refractivity contribution in [3.63, 3.8) is 0 Å². The second-order valence-corrected chi connectivity index (χ2v) is 5.64. The summed E-state index contributed by atoms with van der Waals surface area (Å²) in [5, 5.41) is 2.86. The number of allylic oxidation sites excluding steroid dienone is 2. The van der Waals surface area contributed by atoms with Gasteiger partial charge in [-0.15, -0.1) is 5.11 Å². The summed E-state index contributed by atoms with van der Waals surface area (Å²) in [4.78, 5) is 25.3. The molecule has 1 N–H and O–H groups in total. The van der Waals surface area contributed by atoms with Crippen molar-refractivity contribution in [3.05, 3.63) is 41.5 Å². The Morgan fingerprint density at radius 3 is 2.36 bits per heavy atom. The van der Waals surface area contributed by atoms with Crippen LogP contribution in [0.4, 0.5) is 5.69 Å². The summed E-state index contributed by atoms with van der Waals surface area (Å²) >= 11 is 0. The van der Waals surface area contributed by atoms with E-state index in [1.807, 2.05) is 56.3 Å². The fraction of sp³-hybridized carbons (Fsp3) is 0.412.